The molecule has 0 aromatic heterocycles. The summed E-state index contributed by atoms with van der Waals surface area (Å²) in [6.45, 7) is 6.81. The molecule has 33 heavy (non-hydrogen) atoms. The fourth-order valence-corrected chi connectivity index (χ4v) is 3.48. The maximum absolute atomic E-state index is 10.9. The third kappa shape index (κ3) is 6.22. The Balaban J connectivity index is 1.33. The van der Waals surface area contributed by atoms with E-state index in [4.69, 9.17) is 28.4 Å². The highest BCUT2D eigenvalue weighted by Gasteiger charge is 2.24. The van der Waals surface area contributed by atoms with Crippen LogP contribution in [-0.4, -0.2) is 64.9 Å². The van der Waals surface area contributed by atoms with E-state index in [-0.39, 0.29) is 12.7 Å². The summed E-state index contributed by atoms with van der Waals surface area (Å²) in [4.78, 5) is 10.9. The van der Waals surface area contributed by atoms with Crippen molar-refractivity contribution in [2.75, 3.05) is 52.9 Å². The van der Waals surface area contributed by atoms with Gasteiger partial charge in [0, 0.05) is 27.6 Å². The number of rotatable bonds is 14. The molecule has 1 aliphatic rings. The van der Waals surface area contributed by atoms with E-state index in [1.54, 1.807) is 0 Å². The molecule has 0 N–H and O–H groups in total. The molecule has 0 spiro atoms. The SMILES string of the molecule is C=CC(=O)OCCOCCOCCOc1c2ccccc2c(OCC2CO2)c2ccccc12. The molecule has 7 nitrogen and oxygen atoms in total. The Morgan fingerprint density at radius 2 is 1.30 bits per heavy atom. The average molecular weight is 453 g/mol. The quantitative estimate of drug-likeness (QED) is 0.121. The van der Waals surface area contributed by atoms with Crippen molar-refractivity contribution in [3.8, 4) is 11.5 Å². The summed E-state index contributed by atoms with van der Waals surface area (Å²) in [6, 6.07) is 16.2. The molecule has 0 radical (unpaired) electrons. The molecule has 1 saturated heterocycles. The van der Waals surface area contributed by atoms with Crippen LogP contribution in [0.1, 0.15) is 0 Å². The first kappa shape index (κ1) is 23.0. The first-order chi connectivity index (χ1) is 16.3. The number of epoxide rings is 1. The molecular formula is C26H28O7. The van der Waals surface area contributed by atoms with Gasteiger partial charge in [0.25, 0.3) is 0 Å². The highest BCUT2D eigenvalue weighted by molar-refractivity contribution is 6.11. The summed E-state index contributed by atoms with van der Waals surface area (Å²) >= 11 is 0. The van der Waals surface area contributed by atoms with E-state index in [1.165, 1.54) is 0 Å². The van der Waals surface area contributed by atoms with Gasteiger partial charge in [-0.25, -0.2) is 4.79 Å². The molecule has 7 heteroatoms. The maximum Gasteiger partial charge on any atom is 0.330 e. The van der Waals surface area contributed by atoms with Crippen molar-refractivity contribution < 1.29 is 33.2 Å². The van der Waals surface area contributed by atoms with Crippen molar-refractivity contribution in [3.05, 3.63) is 61.2 Å². The standard InChI is InChI=1S/C26H28O7/c1-2-24(27)30-15-13-28-11-12-29-14-16-31-25-20-7-3-5-9-22(20)26(33-18-19-17-32-19)23-10-6-4-8-21(23)25/h2-10,19H,1,11-18H2. The van der Waals surface area contributed by atoms with Gasteiger partial charge in [-0.2, -0.15) is 0 Å². The first-order valence-corrected chi connectivity index (χ1v) is 11.0. The lowest BCUT2D eigenvalue weighted by Crippen LogP contribution is -2.14. The summed E-state index contributed by atoms with van der Waals surface area (Å²) in [5.74, 6) is 1.22. The van der Waals surface area contributed by atoms with Crippen LogP contribution in [0.15, 0.2) is 61.2 Å². The van der Waals surface area contributed by atoms with E-state index in [0.717, 1.165) is 45.7 Å². The maximum atomic E-state index is 10.9. The molecule has 3 aromatic rings. The molecule has 1 atom stereocenters. The first-order valence-electron chi connectivity index (χ1n) is 11.0. The van der Waals surface area contributed by atoms with Crippen LogP contribution in [0.3, 0.4) is 0 Å². The molecule has 1 unspecified atom stereocenters. The van der Waals surface area contributed by atoms with Crippen LogP contribution in [0.4, 0.5) is 0 Å². The third-order valence-corrected chi connectivity index (χ3v) is 5.13. The van der Waals surface area contributed by atoms with Crippen LogP contribution >= 0.6 is 0 Å². The Morgan fingerprint density at radius 1 is 0.818 bits per heavy atom. The van der Waals surface area contributed by atoms with Crippen molar-refractivity contribution in [1.29, 1.82) is 0 Å². The average Bonchev–Trinajstić information content (AvgIpc) is 3.68. The Morgan fingerprint density at radius 3 is 1.82 bits per heavy atom. The largest absolute Gasteiger partial charge is 0.490 e. The van der Waals surface area contributed by atoms with E-state index >= 15 is 0 Å². The topological polar surface area (TPSA) is 75.8 Å². The van der Waals surface area contributed by atoms with Crippen molar-refractivity contribution in [2.24, 2.45) is 0 Å². The van der Waals surface area contributed by atoms with Gasteiger partial charge in [0.2, 0.25) is 0 Å². The highest BCUT2D eigenvalue weighted by Crippen LogP contribution is 2.42. The summed E-state index contributed by atoms with van der Waals surface area (Å²) < 4.78 is 33.5. The second-order valence-electron chi connectivity index (χ2n) is 7.46. The normalized spacial score (nSPS) is 14.8. The van der Waals surface area contributed by atoms with Crippen LogP contribution in [0.2, 0.25) is 0 Å². The van der Waals surface area contributed by atoms with Gasteiger partial charge in [-0.1, -0.05) is 55.1 Å². The van der Waals surface area contributed by atoms with Gasteiger partial charge < -0.3 is 28.4 Å². The van der Waals surface area contributed by atoms with Crippen molar-refractivity contribution >= 4 is 27.5 Å². The molecule has 0 aliphatic carbocycles. The Bertz CT molecular complexity index is 1030. The molecule has 4 rings (SSSR count). The minimum atomic E-state index is -0.455. The van der Waals surface area contributed by atoms with Crippen LogP contribution in [0.5, 0.6) is 11.5 Å². The van der Waals surface area contributed by atoms with E-state index in [2.05, 4.69) is 18.7 Å². The second-order valence-corrected chi connectivity index (χ2v) is 7.46. The number of hydrogen-bond acceptors (Lipinski definition) is 7. The van der Waals surface area contributed by atoms with Gasteiger partial charge in [-0.3, -0.25) is 0 Å². The zero-order valence-electron chi connectivity index (χ0n) is 18.5. The molecule has 0 saturated carbocycles. The van der Waals surface area contributed by atoms with Crippen molar-refractivity contribution in [2.45, 2.75) is 6.10 Å². The number of ether oxygens (including phenoxy) is 6. The Labute approximate surface area is 192 Å². The van der Waals surface area contributed by atoms with Gasteiger partial charge in [-0.05, 0) is 0 Å². The zero-order valence-corrected chi connectivity index (χ0v) is 18.5. The number of hydrogen-bond donors (Lipinski definition) is 0. The second kappa shape index (κ2) is 11.7. The van der Waals surface area contributed by atoms with Gasteiger partial charge in [-0.15, -0.1) is 0 Å². The number of carbonyl (C=O) groups is 1. The van der Waals surface area contributed by atoms with Gasteiger partial charge in [0.15, 0.2) is 0 Å². The lowest BCUT2D eigenvalue weighted by Gasteiger charge is -2.17. The van der Waals surface area contributed by atoms with E-state index in [9.17, 15) is 4.79 Å². The Kier molecular flexibility index (Phi) is 8.14. The molecule has 3 aromatic carbocycles. The minimum Gasteiger partial charge on any atom is -0.490 e. The minimum absolute atomic E-state index is 0.182. The molecular weight excluding hydrogens is 424 g/mol. The molecule has 174 valence electrons. The number of benzene rings is 3. The number of esters is 1. The number of fused-ring (bicyclic) bond motifs is 2. The Hall–Kier alpha value is -3.13. The summed E-state index contributed by atoms with van der Waals surface area (Å²) in [6.07, 6.45) is 1.31. The van der Waals surface area contributed by atoms with Crippen molar-refractivity contribution in [1.82, 2.24) is 0 Å². The predicted molar refractivity (Wildman–Crippen MR) is 125 cm³/mol. The van der Waals surface area contributed by atoms with Gasteiger partial charge >= 0.3 is 5.97 Å². The predicted octanol–water partition coefficient (Wildman–Crippen LogP) is 3.91. The highest BCUT2D eigenvalue weighted by atomic mass is 16.6. The smallest absolute Gasteiger partial charge is 0.330 e. The molecule has 0 amide bonds. The third-order valence-electron chi connectivity index (χ3n) is 5.13. The van der Waals surface area contributed by atoms with Crippen LogP contribution in [0.25, 0.3) is 21.5 Å². The molecule has 1 heterocycles. The van der Waals surface area contributed by atoms with E-state index < -0.39 is 5.97 Å². The summed E-state index contributed by atoms with van der Waals surface area (Å²) in [5.41, 5.74) is 0. The van der Waals surface area contributed by atoms with Crippen molar-refractivity contribution in [3.63, 3.8) is 0 Å². The van der Waals surface area contributed by atoms with Crippen LogP contribution in [0, 0.1) is 0 Å². The van der Waals surface area contributed by atoms with Gasteiger partial charge in [0.1, 0.15) is 37.4 Å². The lowest BCUT2D eigenvalue weighted by molar-refractivity contribution is -0.139. The zero-order chi connectivity index (χ0) is 22.9. The van der Waals surface area contributed by atoms with Crippen LogP contribution < -0.4 is 9.47 Å². The summed E-state index contributed by atoms with van der Waals surface area (Å²) in [5, 5.41) is 4.03. The van der Waals surface area contributed by atoms with E-state index in [1.807, 2.05) is 36.4 Å². The molecule has 0 bridgehead atoms. The van der Waals surface area contributed by atoms with Gasteiger partial charge in [0.05, 0.1) is 33.0 Å². The monoisotopic (exact) mass is 452 g/mol. The lowest BCUT2D eigenvalue weighted by atomic mass is 10.0. The fourth-order valence-electron chi connectivity index (χ4n) is 3.48. The number of carbonyl (C=O) groups excluding carboxylic acids is 1. The molecule has 1 fully saturated rings. The van der Waals surface area contributed by atoms with E-state index in [0.29, 0.717) is 39.6 Å². The molecule has 1 aliphatic heterocycles. The fraction of sp³-hybridized carbons (Fsp3) is 0.346. The van der Waals surface area contributed by atoms with Crippen LogP contribution in [-0.2, 0) is 23.7 Å². The summed E-state index contributed by atoms with van der Waals surface area (Å²) in [7, 11) is 0.